The van der Waals surface area contributed by atoms with E-state index in [9.17, 15) is 19.2 Å². The lowest BCUT2D eigenvalue weighted by molar-refractivity contribution is -0.122. The van der Waals surface area contributed by atoms with Gasteiger partial charge in [-0.15, -0.1) is 0 Å². The molecule has 1 aromatic carbocycles. The predicted octanol–water partition coefficient (Wildman–Crippen LogP) is 4.19. The quantitative estimate of drug-likeness (QED) is 0.470. The van der Waals surface area contributed by atoms with Crippen molar-refractivity contribution in [3.05, 3.63) is 67.6 Å². The predicted molar refractivity (Wildman–Crippen MR) is 132 cm³/mol. The minimum Gasteiger partial charge on any atom is -0.357 e. The van der Waals surface area contributed by atoms with E-state index in [1.54, 1.807) is 29.7 Å². The molecule has 0 spiro atoms. The maximum atomic E-state index is 13.2. The molecule has 0 aliphatic carbocycles. The third kappa shape index (κ3) is 4.33. The van der Waals surface area contributed by atoms with E-state index >= 15 is 0 Å². The number of hydrogen-bond acceptors (Lipinski definition) is 6. The summed E-state index contributed by atoms with van der Waals surface area (Å²) in [7, 11) is 0. The number of aromatic nitrogens is 1. The van der Waals surface area contributed by atoms with E-state index in [1.807, 2.05) is 13.0 Å². The number of halogens is 1. The van der Waals surface area contributed by atoms with Crippen LogP contribution >= 0.6 is 24.0 Å². The summed E-state index contributed by atoms with van der Waals surface area (Å²) in [5.74, 6) is 0.169. The van der Waals surface area contributed by atoms with Crippen molar-refractivity contribution < 1.29 is 9.18 Å². The number of anilines is 1. The summed E-state index contributed by atoms with van der Waals surface area (Å²) in [4.78, 5) is 30.3. The van der Waals surface area contributed by atoms with E-state index in [-0.39, 0.29) is 29.4 Å². The number of pyridine rings is 1. The van der Waals surface area contributed by atoms with Crippen LogP contribution in [0.2, 0.25) is 0 Å². The first kappa shape index (κ1) is 23.2. The highest BCUT2D eigenvalue weighted by Crippen LogP contribution is 2.37. The molecule has 2 aliphatic rings. The summed E-state index contributed by atoms with van der Waals surface area (Å²) < 4.78 is 15.3. The number of thioether (sulfide) groups is 1. The molecule has 2 fully saturated rings. The molecule has 170 valence electrons. The van der Waals surface area contributed by atoms with Gasteiger partial charge in [-0.2, -0.15) is 5.26 Å². The molecule has 2 aliphatic heterocycles. The Morgan fingerprint density at radius 3 is 2.48 bits per heavy atom. The van der Waals surface area contributed by atoms with Gasteiger partial charge in [-0.1, -0.05) is 36.1 Å². The second kappa shape index (κ2) is 9.49. The Morgan fingerprint density at radius 1 is 1.21 bits per heavy atom. The van der Waals surface area contributed by atoms with Crippen LogP contribution < -0.4 is 10.5 Å². The largest absolute Gasteiger partial charge is 0.357 e. The molecular formula is C24H23FN4O2S2. The van der Waals surface area contributed by atoms with Crippen LogP contribution in [0.3, 0.4) is 0 Å². The number of benzene rings is 1. The number of carbonyl (C=O) groups is 1. The van der Waals surface area contributed by atoms with Crippen molar-refractivity contribution in [1.29, 1.82) is 5.26 Å². The third-order valence-electron chi connectivity index (χ3n) is 5.97. The molecule has 2 saturated heterocycles. The standard InChI is InChI=1S/C24H23FN4O2S2/c1-3-28-21(27-10-4-5-11-27)18(15(2)19(13-26)22(28)30)12-20-23(31)29(24(32)33-20)14-16-6-8-17(25)9-7-16/h6-9,12H,3-5,10-11,14H2,1-2H3. The maximum absolute atomic E-state index is 13.2. The monoisotopic (exact) mass is 482 g/mol. The molecule has 33 heavy (non-hydrogen) atoms. The van der Waals surface area contributed by atoms with Crippen molar-refractivity contribution in [1.82, 2.24) is 9.47 Å². The number of amides is 1. The fraction of sp³-hybridized carbons (Fsp3) is 0.333. The highest BCUT2D eigenvalue weighted by atomic mass is 32.2. The molecule has 1 amide bonds. The molecule has 0 atom stereocenters. The zero-order valence-electron chi connectivity index (χ0n) is 18.4. The van der Waals surface area contributed by atoms with Crippen LogP contribution in [-0.4, -0.2) is 32.8 Å². The van der Waals surface area contributed by atoms with Gasteiger partial charge >= 0.3 is 0 Å². The smallest absolute Gasteiger partial charge is 0.270 e. The first-order chi connectivity index (χ1) is 15.8. The molecule has 0 unspecified atom stereocenters. The van der Waals surface area contributed by atoms with Gasteiger partial charge in [0.25, 0.3) is 11.5 Å². The fourth-order valence-electron chi connectivity index (χ4n) is 4.25. The van der Waals surface area contributed by atoms with Gasteiger partial charge in [0.2, 0.25) is 0 Å². The molecule has 2 aromatic rings. The van der Waals surface area contributed by atoms with Crippen LogP contribution in [0.5, 0.6) is 0 Å². The van der Waals surface area contributed by atoms with E-state index in [4.69, 9.17) is 12.2 Å². The van der Waals surface area contributed by atoms with Crippen LogP contribution in [0.1, 0.15) is 42.0 Å². The Bertz CT molecular complexity index is 1260. The van der Waals surface area contributed by atoms with Crippen LogP contribution in [0.4, 0.5) is 10.2 Å². The third-order valence-corrected chi connectivity index (χ3v) is 7.35. The van der Waals surface area contributed by atoms with Crippen molar-refractivity contribution in [2.75, 3.05) is 18.0 Å². The number of rotatable bonds is 5. The van der Waals surface area contributed by atoms with Crippen molar-refractivity contribution >= 4 is 46.1 Å². The van der Waals surface area contributed by atoms with Gasteiger partial charge in [-0.25, -0.2) is 4.39 Å². The van der Waals surface area contributed by atoms with Gasteiger partial charge in [-0.05, 0) is 56.0 Å². The van der Waals surface area contributed by atoms with Crippen molar-refractivity contribution in [3.8, 4) is 6.07 Å². The summed E-state index contributed by atoms with van der Waals surface area (Å²) >= 11 is 6.66. The van der Waals surface area contributed by atoms with Gasteiger partial charge < -0.3 is 4.90 Å². The highest BCUT2D eigenvalue weighted by Gasteiger charge is 2.33. The Hall–Kier alpha value is -2.96. The lowest BCUT2D eigenvalue weighted by Gasteiger charge is -2.26. The lowest BCUT2D eigenvalue weighted by Crippen LogP contribution is -2.32. The van der Waals surface area contributed by atoms with E-state index < -0.39 is 0 Å². The number of nitrogens with zero attached hydrogens (tertiary/aromatic N) is 4. The van der Waals surface area contributed by atoms with Gasteiger partial charge in [0.05, 0.1) is 11.4 Å². The first-order valence-electron chi connectivity index (χ1n) is 10.8. The zero-order valence-corrected chi connectivity index (χ0v) is 20.1. The lowest BCUT2D eigenvalue weighted by atomic mass is 10.0. The summed E-state index contributed by atoms with van der Waals surface area (Å²) in [5.41, 5.74) is 1.83. The Morgan fingerprint density at radius 2 is 1.88 bits per heavy atom. The number of thiocarbonyl (C=S) groups is 1. The summed E-state index contributed by atoms with van der Waals surface area (Å²) in [6.45, 7) is 5.94. The average Bonchev–Trinajstić information content (AvgIpc) is 3.41. The fourth-order valence-corrected chi connectivity index (χ4v) is 5.48. The van der Waals surface area contributed by atoms with Crippen LogP contribution in [-0.2, 0) is 17.9 Å². The highest BCUT2D eigenvalue weighted by molar-refractivity contribution is 8.26. The minimum absolute atomic E-state index is 0.0906. The second-order valence-electron chi connectivity index (χ2n) is 7.99. The number of nitriles is 1. The summed E-state index contributed by atoms with van der Waals surface area (Å²) in [6, 6.07) is 8.01. The normalized spacial score (nSPS) is 17.3. The van der Waals surface area contributed by atoms with E-state index in [0.29, 0.717) is 26.9 Å². The molecule has 4 rings (SSSR count). The number of hydrogen-bond donors (Lipinski definition) is 0. The zero-order chi connectivity index (χ0) is 23.7. The maximum Gasteiger partial charge on any atom is 0.270 e. The second-order valence-corrected chi connectivity index (χ2v) is 9.66. The summed E-state index contributed by atoms with van der Waals surface area (Å²) in [6.07, 6.45) is 3.81. The minimum atomic E-state index is -0.340. The average molecular weight is 483 g/mol. The molecule has 1 aromatic heterocycles. The topological polar surface area (TPSA) is 69.3 Å². The van der Waals surface area contributed by atoms with Gasteiger partial charge in [0.15, 0.2) is 0 Å². The molecule has 0 radical (unpaired) electrons. The van der Waals surface area contributed by atoms with Crippen molar-refractivity contribution in [2.45, 2.75) is 39.8 Å². The van der Waals surface area contributed by atoms with Gasteiger partial charge in [-0.3, -0.25) is 19.1 Å². The molecule has 3 heterocycles. The van der Waals surface area contributed by atoms with E-state index in [2.05, 4.69) is 4.90 Å². The Kier molecular flexibility index (Phi) is 6.68. The van der Waals surface area contributed by atoms with Crippen molar-refractivity contribution in [2.24, 2.45) is 0 Å². The molecule has 9 heteroatoms. The summed E-state index contributed by atoms with van der Waals surface area (Å²) in [5, 5.41) is 9.66. The molecule has 0 N–H and O–H groups in total. The molecule has 0 saturated carbocycles. The molecular weight excluding hydrogens is 459 g/mol. The molecule has 0 bridgehead atoms. The van der Waals surface area contributed by atoms with Crippen LogP contribution in [0, 0.1) is 24.1 Å². The van der Waals surface area contributed by atoms with Crippen LogP contribution in [0.15, 0.2) is 34.0 Å². The Labute approximate surface area is 201 Å². The number of carbonyl (C=O) groups excluding carboxylic acids is 1. The SMILES string of the molecule is CCn1c(N2CCCC2)c(C=C2SC(=S)N(Cc3ccc(F)cc3)C2=O)c(C)c(C#N)c1=O. The van der Waals surface area contributed by atoms with Gasteiger partial charge in [0, 0.05) is 25.2 Å². The van der Waals surface area contributed by atoms with Gasteiger partial charge in [0.1, 0.15) is 27.6 Å². The first-order valence-corrected chi connectivity index (χ1v) is 12.0. The van der Waals surface area contributed by atoms with E-state index in [0.717, 1.165) is 37.3 Å². The molecule has 6 nitrogen and oxygen atoms in total. The van der Waals surface area contributed by atoms with Crippen LogP contribution in [0.25, 0.3) is 6.08 Å². The Balaban J connectivity index is 1.79. The van der Waals surface area contributed by atoms with E-state index in [1.165, 1.54) is 28.8 Å². The van der Waals surface area contributed by atoms with Crippen molar-refractivity contribution in [3.63, 3.8) is 0 Å².